The predicted molar refractivity (Wildman–Crippen MR) is 38.9 cm³/mol. The number of carbonyl (C=O) groups excluding carboxylic acids is 1. The number of carbonyl (C=O) groups is 1. The molecule has 0 spiro atoms. The number of ketones is 1. The first-order valence-electron chi connectivity index (χ1n) is 3.16. The summed E-state index contributed by atoms with van der Waals surface area (Å²) in [5.74, 6) is 0.185. The second-order valence-corrected chi connectivity index (χ2v) is 2.09. The average Bonchev–Trinajstić information content (AvgIpc) is 1.63. The fraction of sp³-hybridized carbons (Fsp3) is 0.714. The zero-order valence-electron chi connectivity index (χ0n) is 6.27. The zero-order chi connectivity index (χ0) is 7.28. The Kier molecular flexibility index (Phi) is 3.93. The maximum Gasteiger partial charge on any atom is 0.135 e. The van der Waals surface area contributed by atoms with Gasteiger partial charge in [-0.25, -0.2) is 0 Å². The number of Topliss-reactive ketones (excluding diaryl/α,β-unsaturated/α-hetero) is 1. The van der Waals surface area contributed by atoms with E-state index >= 15 is 0 Å². The van der Waals surface area contributed by atoms with Gasteiger partial charge in [0.25, 0.3) is 0 Å². The predicted octanol–water partition coefficient (Wildman–Crippen LogP) is 1.45. The van der Waals surface area contributed by atoms with Crippen LogP contribution in [0.5, 0.6) is 0 Å². The Morgan fingerprint density at radius 3 is 2.33 bits per heavy atom. The van der Waals surface area contributed by atoms with Crippen LogP contribution >= 0.6 is 0 Å². The molecule has 0 aromatic heterocycles. The molecule has 0 aromatic rings. The van der Waals surface area contributed by atoms with E-state index in [0.29, 0.717) is 6.42 Å². The quantitative estimate of drug-likeness (QED) is 0.527. The minimum atomic E-state index is 0.185. The van der Waals surface area contributed by atoms with Crippen molar-refractivity contribution in [1.29, 1.82) is 0 Å². The molecule has 0 atom stereocenters. The van der Waals surface area contributed by atoms with Crippen molar-refractivity contribution >= 4 is 11.5 Å². The minimum Gasteiger partial charge on any atom is -0.300 e. The maximum absolute atomic E-state index is 10.4. The van der Waals surface area contributed by atoms with Crippen LogP contribution in [-0.2, 0) is 4.79 Å². The molecule has 0 N–H and O–H groups in total. The Morgan fingerprint density at radius 1 is 1.44 bits per heavy atom. The van der Waals surface area contributed by atoms with Gasteiger partial charge in [-0.15, -0.1) is 0 Å². The van der Waals surface area contributed by atoms with Gasteiger partial charge in [0.05, 0.1) is 0 Å². The number of hydrogen-bond donors (Lipinski definition) is 0. The van der Waals surface area contributed by atoms with E-state index in [1.165, 1.54) is 0 Å². The van der Waals surface area contributed by atoms with Gasteiger partial charge in [0.15, 0.2) is 0 Å². The van der Waals surface area contributed by atoms with Gasteiger partial charge < -0.3 is 0 Å². The van der Waals surface area contributed by atoms with E-state index < -0.39 is 0 Å². The van der Waals surface area contributed by atoms with Crippen molar-refractivity contribution in [1.82, 2.24) is 0 Å². The summed E-state index contributed by atoms with van der Waals surface area (Å²) in [5.41, 5.74) is 0.935. The Hall–Kier alpha value is -0.660. The van der Waals surface area contributed by atoms with Gasteiger partial charge in [0.2, 0.25) is 0 Å². The highest BCUT2D eigenvalue weighted by Gasteiger charge is 1.93. The third kappa shape index (κ3) is 5.21. The van der Waals surface area contributed by atoms with E-state index in [9.17, 15) is 4.79 Å². The molecule has 0 aliphatic heterocycles. The zero-order valence-corrected chi connectivity index (χ0v) is 6.27. The van der Waals surface area contributed by atoms with Gasteiger partial charge in [0, 0.05) is 18.7 Å². The van der Waals surface area contributed by atoms with E-state index in [4.69, 9.17) is 0 Å². The third-order valence-corrected chi connectivity index (χ3v) is 0.933. The summed E-state index contributed by atoms with van der Waals surface area (Å²) in [7, 11) is 0. The number of rotatable bonds is 3. The fourth-order valence-electron chi connectivity index (χ4n) is 0.686. The molecule has 0 aliphatic rings. The van der Waals surface area contributed by atoms with Gasteiger partial charge >= 0.3 is 0 Å². The van der Waals surface area contributed by atoms with Crippen LogP contribution in [0.4, 0.5) is 0 Å². The Balaban J connectivity index is 3.62. The van der Waals surface area contributed by atoms with E-state index in [2.05, 4.69) is 4.99 Å². The van der Waals surface area contributed by atoms with Crippen molar-refractivity contribution in [2.45, 2.75) is 27.2 Å². The van der Waals surface area contributed by atoms with Gasteiger partial charge in [-0.2, -0.15) is 0 Å². The Labute approximate surface area is 56.0 Å². The fourth-order valence-corrected chi connectivity index (χ4v) is 0.686. The highest BCUT2D eigenvalue weighted by atomic mass is 16.1. The summed E-state index contributed by atoms with van der Waals surface area (Å²) in [6.07, 6.45) is 0.508. The standard InChI is InChI=1S/C7H13NO/c1-4-8-6(2)5-7(3)9/h4-5H2,1-3H3. The molecule has 0 aromatic carbocycles. The number of nitrogens with zero attached hydrogens (tertiary/aromatic N) is 1. The monoisotopic (exact) mass is 127 g/mol. The smallest absolute Gasteiger partial charge is 0.135 e. The average molecular weight is 127 g/mol. The molecule has 0 radical (unpaired) electrons. The first kappa shape index (κ1) is 8.34. The molecule has 0 rings (SSSR count). The van der Waals surface area contributed by atoms with Crippen molar-refractivity contribution in [3.63, 3.8) is 0 Å². The van der Waals surface area contributed by atoms with E-state index in [1.54, 1.807) is 6.92 Å². The molecule has 0 unspecified atom stereocenters. The highest BCUT2D eigenvalue weighted by molar-refractivity contribution is 5.99. The molecule has 0 aliphatic carbocycles. The lowest BCUT2D eigenvalue weighted by molar-refractivity contribution is -0.115. The van der Waals surface area contributed by atoms with Crippen molar-refractivity contribution < 1.29 is 4.79 Å². The molecule has 0 saturated heterocycles. The largest absolute Gasteiger partial charge is 0.300 e. The first-order valence-corrected chi connectivity index (χ1v) is 3.16. The SMILES string of the molecule is CCN=C(C)CC(C)=O. The maximum atomic E-state index is 10.4. The topological polar surface area (TPSA) is 29.4 Å². The summed E-state index contributed by atoms with van der Waals surface area (Å²) in [6.45, 7) is 6.20. The van der Waals surface area contributed by atoms with Crippen LogP contribution in [0, 0.1) is 0 Å². The summed E-state index contributed by atoms with van der Waals surface area (Å²) in [5, 5.41) is 0. The van der Waals surface area contributed by atoms with Crippen LogP contribution in [0.15, 0.2) is 4.99 Å². The van der Waals surface area contributed by atoms with Gasteiger partial charge in [-0.1, -0.05) is 0 Å². The van der Waals surface area contributed by atoms with Crippen LogP contribution in [-0.4, -0.2) is 18.0 Å². The van der Waals surface area contributed by atoms with Crippen molar-refractivity contribution in [3.05, 3.63) is 0 Å². The lowest BCUT2D eigenvalue weighted by atomic mass is 10.2. The third-order valence-electron chi connectivity index (χ3n) is 0.933. The van der Waals surface area contributed by atoms with Gasteiger partial charge in [-0.3, -0.25) is 9.79 Å². The molecule has 0 heterocycles. The highest BCUT2D eigenvalue weighted by Crippen LogP contribution is 1.86. The van der Waals surface area contributed by atoms with E-state index in [0.717, 1.165) is 12.3 Å². The molecular weight excluding hydrogens is 114 g/mol. The Morgan fingerprint density at radius 2 is 2.00 bits per heavy atom. The van der Waals surface area contributed by atoms with E-state index in [1.807, 2.05) is 13.8 Å². The molecule has 9 heavy (non-hydrogen) atoms. The molecular formula is C7H13NO. The molecule has 0 bridgehead atoms. The first-order chi connectivity index (χ1) is 4.16. The number of aliphatic imine (C=N–C) groups is 1. The normalized spacial score (nSPS) is 11.7. The van der Waals surface area contributed by atoms with Crippen LogP contribution in [0.1, 0.15) is 27.2 Å². The lowest BCUT2D eigenvalue weighted by Crippen LogP contribution is -1.99. The van der Waals surface area contributed by atoms with Gasteiger partial charge in [0.1, 0.15) is 5.78 Å². The lowest BCUT2D eigenvalue weighted by Gasteiger charge is -1.92. The van der Waals surface area contributed by atoms with Crippen LogP contribution in [0.25, 0.3) is 0 Å². The van der Waals surface area contributed by atoms with Crippen molar-refractivity contribution in [2.75, 3.05) is 6.54 Å². The summed E-state index contributed by atoms with van der Waals surface area (Å²) < 4.78 is 0. The summed E-state index contributed by atoms with van der Waals surface area (Å²) in [4.78, 5) is 14.5. The molecule has 52 valence electrons. The molecule has 2 heteroatoms. The van der Waals surface area contributed by atoms with Crippen LogP contribution in [0.3, 0.4) is 0 Å². The second-order valence-electron chi connectivity index (χ2n) is 2.09. The second kappa shape index (κ2) is 4.24. The molecule has 2 nitrogen and oxygen atoms in total. The Bertz CT molecular complexity index is 127. The molecule has 0 fully saturated rings. The summed E-state index contributed by atoms with van der Waals surface area (Å²) in [6, 6.07) is 0. The van der Waals surface area contributed by atoms with E-state index in [-0.39, 0.29) is 5.78 Å². The van der Waals surface area contributed by atoms with Gasteiger partial charge in [-0.05, 0) is 20.8 Å². The summed E-state index contributed by atoms with van der Waals surface area (Å²) >= 11 is 0. The molecule has 0 amide bonds. The number of hydrogen-bond acceptors (Lipinski definition) is 2. The minimum absolute atomic E-state index is 0.185. The molecule has 0 saturated carbocycles. The van der Waals surface area contributed by atoms with Crippen LogP contribution in [0.2, 0.25) is 0 Å². The van der Waals surface area contributed by atoms with Crippen LogP contribution < -0.4 is 0 Å². The van der Waals surface area contributed by atoms with Crippen molar-refractivity contribution in [3.8, 4) is 0 Å². The van der Waals surface area contributed by atoms with Crippen molar-refractivity contribution in [2.24, 2.45) is 4.99 Å².